The molecule has 0 amide bonds. The van der Waals surface area contributed by atoms with Crippen molar-refractivity contribution in [1.82, 2.24) is 0 Å². The molecular weight excluding hydrogens is 200 g/mol. The standard InChI is InChI=1S/C9H14N2O2S/c1-11(7-10)8-3-5-9(6-4-8)14(2,12)13/h3-6H,7,10H2,1-2H3. The third-order valence-electron chi connectivity index (χ3n) is 1.98. The number of nitrogens with zero attached hydrogens (tertiary/aromatic N) is 1. The molecule has 0 aromatic heterocycles. The van der Waals surface area contributed by atoms with E-state index >= 15 is 0 Å². The summed E-state index contributed by atoms with van der Waals surface area (Å²) in [6, 6.07) is 6.64. The summed E-state index contributed by atoms with van der Waals surface area (Å²) in [6.07, 6.45) is 1.19. The van der Waals surface area contributed by atoms with Crippen molar-refractivity contribution >= 4 is 15.5 Å². The number of hydrogen-bond donors (Lipinski definition) is 1. The molecule has 0 saturated heterocycles. The van der Waals surface area contributed by atoms with Crippen LogP contribution in [0.5, 0.6) is 0 Å². The fourth-order valence-corrected chi connectivity index (χ4v) is 1.68. The van der Waals surface area contributed by atoms with Crippen LogP contribution in [0.15, 0.2) is 29.2 Å². The minimum Gasteiger partial charge on any atom is -0.362 e. The van der Waals surface area contributed by atoms with Crippen molar-refractivity contribution in [2.45, 2.75) is 4.90 Å². The maximum Gasteiger partial charge on any atom is 0.175 e. The summed E-state index contributed by atoms with van der Waals surface area (Å²) < 4.78 is 22.3. The van der Waals surface area contributed by atoms with Crippen LogP contribution < -0.4 is 10.6 Å². The maximum absolute atomic E-state index is 11.1. The van der Waals surface area contributed by atoms with E-state index in [9.17, 15) is 8.42 Å². The highest BCUT2D eigenvalue weighted by molar-refractivity contribution is 7.90. The highest BCUT2D eigenvalue weighted by Gasteiger charge is 2.06. The van der Waals surface area contributed by atoms with Gasteiger partial charge in [-0.3, -0.25) is 0 Å². The van der Waals surface area contributed by atoms with Gasteiger partial charge in [0.25, 0.3) is 0 Å². The Bertz CT molecular complexity index is 397. The second-order valence-corrected chi connectivity index (χ2v) is 5.16. The van der Waals surface area contributed by atoms with E-state index in [4.69, 9.17) is 5.73 Å². The van der Waals surface area contributed by atoms with Crippen molar-refractivity contribution in [2.75, 3.05) is 24.9 Å². The lowest BCUT2D eigenvalue weighted by Gasteiger charge is -2.16. The van der Waals surface area contributed by atoms with Gasteiger partial charge in [-0.2, -0.15) is 0 Å². The van der Waals surface area contributed by atoms with Crippen LogP contribution in [0.2, 0.25) is 0 Å². The Balaban J connectivity index is 3.01. The van der Waals surface area contributed by atoms with Gasteiger partial charge < -0.3 is 10.6 Å². The zero-order chi connectivity index (χ0) is 10.8. The van der Waals surface area contributed by atoms with Gasteiger partial charge in [0, 0.05) is 19.0 Å². The van der Waals surface area contributed by atoms with E-state index in [1.165, 1.54) is 6.26 Å². The molecule has 0 aliphatic carbocycles. The van der Waals surface area contributed by atoms with Crippen LogP contribution in [-0.2, 0) is 9.84 Å². The molecule has 0 bridgehead atoms. The second kappa shape index (κ2) is 3.98. The van der Waals surface area contributed by atoms with Gasteiger partial charge in [0.2, 0.25) is 0 Å². The summed E-state index contributed by atoms with van der Waals surface area (Å²) in [5.41, 5.74) is 6.34. The zero-order valence-corrected chi connectivity index (χ0v) is 9.08. The van der Waals surface area contributed by atoms with Gasteiger partial charge in [-0.25, -0.2) is 8.42 Å². The fourth-order valence-electron chi connectivity index (χ4n) is 1.05. The van der Waals surface area contributed by atoms with Crippen LogP contribution in [0.3, 0.4) is 0 Å². The molecule has 0 saturated carbocycles. The Kier molecular flexibility index (Phi) is 3.13. The average molecular weight is 214 g/mol. The predicted octanol–water partition coefficient (Wildman–Crippen LogP) is 0.442. The maximum atomic E-state index is 11.1. The monoisotopic (exact) mass is 214 g/mol. The first kappa shape index (κ1) is 11.0. The molecule has 5 heteroatoms. The van der Waals surface area contributed by atoms with E-state index in [2.05, 4.69) is 0 Å². The van der Waals surface area contributed by atoms with Crippen molar-refractivity contribution in [3.8, 4) is 0 Å². The van der Waals surface area contributed by atoms with Gasteiger partial charge in [0.1, 0.15) is 0 Å². The van der Waals surface area contributed by atoms with Gasteiger partial charge in [-0.05, 0) is 24.3 Å². The minimum absolute atomic E-state index is 0.326. The minimum atomic E-state index is -3.10. The van der Waals surface area contributed by atoms with Crippen molar-refractivity contribution in [1.29, 1.82) is 0 Å². The van der Waals surface area contributed by atoms with Crippen LogP contribution >= 0.6 is 0 Å². The van der Waals surface area contributed by atoms with E-state index in [1.54, 1.807) is 24.3 Å². The van der Waals surface area contributed by atoms with Gasteiger partial charge in [-0.15, -0.1) is 0 Å². The molecule has 0 radical (unpaired) electrons. The molecule has 78 valence electrons. The molecule has 1 aromatic rings. The summed E-state index contributed by atoms with van der Waals surface area (Å²) in [7, 11) is -1.26. The van der Waals surface area contributed by atoms with Crippen LogP contribution in [0.4, 0.5) is 5.69 Å². The van der Waals surface area contributed by atoms with Crippen LogP contribution in [0, 0.1) is 0 Å². The van der Waals surface area contributed by atoms with Crippen molar-refractivity contribution in [3.63, 3.8) is 0 Å². The number of nitrogens with two attached hydrogens (primary N) is 1. The lowest BCUT2D eigenvalue weighted by molar-refractivity contribution is 0.602. The smallest absolute Gasteiger partial charge is 0.175 e. The summed E-state index contributed by atoms with van der Waals surface area (Å²) in [4.78, 5) is 2.15. The highest BCUT2D eigenvalue weighted by Crippen LogP contribution is 2.15. The Morgan fingerprint density at radius 3 is 2.14 bits per heavy atom. The van der Waals surface area contributed by atoms with Crippen molar-refractivity contribution < 1.29 is 8.42 Å². The lowest BCUT2D eigenvalue weighted by atomic mass is 10.3. The molecule has 0 atom stereocenters. The zero-order valence-electron chi connectivity index (χ0n) is 8.27. The van der Waals surface area contributed by atoms with Gasteiger partial charge in [-0.1, -0.05) is 0 Å². The third-order valence-corrected chi connectivity index (χ3v) is 3.11. The second-order valence-electron chi connectivity index (χ2n) is 3.15. The van der Waals surface area contributed by atoms with E-state index in [-0.39, 0.29) is 0 Å². The highest BCUT2D eigenvalue weighted by atomic mass is 32.2. The molecule has 1 aromatic carbocycles. The van der Waals surface area contributed by atoms with E-state index in [1.807, 2.05) is 11.9 Å². The van der Waals surface area contributed by atoms with Gasteiger partial charge in [0.15, 0.2) is 9.84 Å². The van der Waals surface area contributed by atoms with Gasteiger partial charge in [0.05, 0.1) is 11.6 Å². The quantitative estimate of drug-likeness (QED) is 0.742. The molecule has 4 nitrogen and oxygen atoms in total. The predicted molar refractivity (Wildman–Crippen MR) is 57.0 cm³/mol. The summed E-state index contributed by atoms with van der Waals surface area (Å²) in [6.45, 7) is 0.401. The number of sulfone groups is 1. The molecule has 0 unspecified atom stereocenters. The summed E-state index contributed by atoms with van der Waals surface area (Å²) in [5, 5.41) is 0. The average Bonchev–Trinajstić information content (AvgIpc) is 2.15. The molecule has 0 spiro atoms. The van der Waals surface area contributed by atoms with Crippen LogP contribution in [-0.4, -0.2) is 28.4 Å². The largest absolute Gasteiger partial charge is 0.362 e. The van der Waals surface area contributed by atoms with Gasteiger partial charge >= 0.3 is 0 Å². The first-order chi connectivity index (χ1) is 6.45. The normalized spacial score (nSPS) is 11.4. The van der Waals surface area contributed by atoms with Crippen molar-refractivity contribution in [3.05, 3.63) is 24.3 Å². The molecular formula is C9H14N2O2S. The number of rotatable bonds is 3. The first-order valence-electron chi connectivity index (χ1n) is 4.16. The first-order valence-corrected chi connectivity index (χ1v) is 6.05. The fraction of sp³-hybridized carbons (Fsp3) is 0.333. The Labute approximate surface area is 84.3 Å². The molecule has 2 N–H and O–H groups in total. The van der Waals surface area contributed by atoms with E-state index in [0.29, 0.717) is 11.6 Å². The molecule has 0 aliphatic heterocycles. The van der Waals surface area contributed by atoms with E-state index in [0.717, 1.165) is 5.69 Å². The molecule has 0 heterocycles. The third kappa shape index (κ3) is 2.46. The molecule has 0 aliphatic rings. The summed E-state index contributed by atoms with van der Waals surface area (Å²) in [5.74, 6) is 0. The molecule has 14 heavy (non-hydrogen) atoms. The molecule has 1 rings (SSSR count). The molecule has 0 fully saturated rings. The van der Waals surface area contributed by atoms with Crippen molar-refractivity contribution in [2.24, 2.45) is 5.73 Å². The Morgan fingerprint density at radius 2 is 1.79 bits per heavy atom. The Morgan fingerprint density at radius 1 is 1.29 bits per heavy atom. The topological polar surface area (TPSA) is 63.4 Å². The summed E-state index contributed by atoms with van der Waals surface area (Å²) >= 11 is 0. The number of anilines is 1. The lowest BCUT2D eigenvalue weighted by Crippen LogP contribution is -2.24. The number of benzene rings is 1. The number of hydrogen-bond acceptors (Lipinski definition) is 4. The Hall–Kier alpha value is -1.07. The van der Waals surface area contributed by atoms with Crippen LogP contribution in [0.25, 0.3) is 0 Å². The van der Waals surface area contributed by atoms with Crippen LogP contribution in [0.1, 0.15) is 0 Å². The van der Waals surface area contributed by atoms with E-state index < -0.39 is 9.84 Å². The SMILES string of the molecule is CN(CN)c1ccc(S(C)(=O)=O)cc1.